The van der Waals surface area contributed by atoms with E-state index in [0.29, 0.717) is 26.4 Å². The molecule has 0 heterocycles. The summed E-state index contributed by atoms with van der Waals surface area (Å²) in [5.74, 6) is -0.505. The van der Waals surface area contributed by atoms with E-state index in [-0.39, 0.29) is 18.5 Å². The van der Waals surface area contributed by atoms with Crippen LogP contribution in [-0.4, -0.2) is 44.8 Å². The molecule has 0 fully saturated rings. The Morgan fingerprint density at radius 3 is 2.33 bits per heavy atom. The van der Waals surface area contributed by atoms with Crippen molar-refractivity contribution in [1.29, 1.82) is 0 Å². The fourth-order valence-corrected chi connectivity index (χ4v) is 0.840. The van der Waals surface area contributed by atoms with Crippen LogP contribution in [0.25, 0.3) is 0 Å². The van der Waals surface area contributed by atoms with Crippen LogP contribution in [0.1, 0.15) is 0 Å². The number of ether oxygens (including phenoxy) is 1. The second-order valence-corrected chi connectivity index (χ2v) is 3.02. The molecule has 7 heteroatoms. The average Bonchev–Trinajstić information content (AvgIpc) is 2.40. The predicted molar refractivity (Wildman–Crippen MR) is 66.3 cm³/mol. The van der Waals surface area contributed by atoms with Gasteiger partial charge in [-0.05, 0) is 12.2 Å². The molecule has 0 aliphatic heterocycles. The molecule has 0 aromatic carbocycles. The molecule has 0 saturated heterocycles. The lowest BCUT2D eigenvalue weighted by Crippen LogP contribution is -2.33. The van der Waals surface area contributed by atoms with Crippen LogP contribution in [0.15, 0.2) is 25.3 Å². The summed E-state index contributed by atoms with van der Waals surface area (Å²) in [7, 11) is 0. The van der Waals surface area contributed by atoms with Crippen molar-refractivity contribution in [2.75, 3.05) is 33.0 Å². The summed E-state index contributed by atoms with van der Waals surface area (Å²) in [5, 5.41) is 5.04. The Bertz CT molecular complexity index is 253. The highest BCUT2D eigenvalue weighted by molar-refractivity contribution is 5.87. The molecule has 2 amide bonds. The molecule has 0 spiro atoms. The Balaban J connectivity index is 3.12. The quantitative estimate of drug-likeness (QED) is 0.193. The standard InChI is InChI=1S/C11H19N3O4/c1-3-10(15)12-5-6-17-7-8-18-14-9-13-11(16)4-2/h3-4,14H,1-2,5-9H2,(H,12,15)(H,13,16). The zero-order chi connectivity index (χ0) is 13.6. The van der Waals surface area contributed by atoms with Crippen molar-refractivity contribution in [2.45, 2.75) is 0 Å². The molecule has 0 aliphatic carbocycles. The fourth-order valence-electron chi connectivity index (χ4n) is 0.840. The summed E-state index contributed by atoms with van der Waals surface area (Å²) in [6.07, 6.45) is 2.37. The van der Waals surface area contributed by atoms with Gasteiger partial charge in [-0.25, -0.2) is 0 Å². The monoisotopic (exact) mass is 257 g/mol. The van der Waals surface area contributed by atoms with Crippen LogP contribution < -0.4 is 16.1 Å². The summed E-state index contributed by atoms with van der Waals surface area (Å²) >= 11 is 0. The topological polar surface area (TPSA) is 88.7 Å². The molecule has 0 aromatic rings. The summed E-state index contributed by atoms with van der Waals surface area (Å²) in [4.78, 5) is 26.4. The average molecular weight is 257 g/mol. The maximum absolute atomic E-state index is 10.7. The summed E-state index contributed by atoms with van der Waals surface area (Å²) < 4.78 is 5.16. The van der Waals surface area contributed by atoms with Crippen LogP contribution in [0.5, 0.6) is 0 Å². The van der Waals surface area contributed by atoms with Crippen molar-refractivity contribution >= 4 is 11.8 Å². The first-order valence-corrected chi connectivity index (χ1v) is 5.43. The smallest absolute Gasteiger partial charge is 0.244 e. The largest absolute Gasteiger partial charge is 0.377 e. The van der Waals surface area contributed by atoms with Crippen molar-refractivity contribution in [3.05, 3.63) is 25.3 Å². The molecule has 0 aliphatic rings. The number of carbonyl (C=O) groups is 2. The minimum absolute atomic E-state index is 0.195. The number of hydrogen-bond acceptors (Lipinski definition) is 5. The third-order valence-electron chi connectivity index (χ3n) is 1.68. The van der Waals surface area contributed by atoms with E-state index in [9.17, 15) is 9.59 Å². The summed E-state index contributed by atoms with van der Waals surface area (Å²) in [6.45, 7) is 8.35. The molecule has 0 atom stereocenters. The molecule has 18 heavy (non-hydrogen) atoms. The zero-order valence-electron chi connectivity index (χ0n) is 10.2. The van der Waals surface area contributed by atoms with Gasteiger partial charge in [-0.2, -0.15) is 5.48 Å². The Morgan fingerprint density at radius 1 is 1.00 bits per heavy atom. The van der Waals surface area contributed by atoms with E-state index in [1.807, 2.05) is 0 Å². The number of carbonyl (C=O) groups excluding carboxylic acids is 2. The number of hydrogen-bond donors (Lipinski definition) is 3. The van der Waals surface area contributed by atoms with E-state index in [0.717, 1.165) is 0 Å². The number of hydroxylamine groups is 1. The van der Waals surface area contributed by atoms with Gasteiger partial charge in [0, 0.05) is 6.54 Å². The number of rotatable bonds is 11. The van der Waals surface area contributed by atoms with Gasteiger partial charge in [-0.3, -0.25) is 14.4 Å². The molecule has 0 saturated carbocycles. The molecule has 7 nitrogen and oxygen atoms in total. The van der Waals surface area contributed by atoms with E-state index in [4.69, 9.17) is 9.57 Å². The van der Waals surface area contributed by atoms with Crippen LogP contribution in [0, 0.1) is 0 Å². The molecular formula is C11H19N3O4. The lowest BCUT2D eigenvalue weighted by Gasteiger charge is -2.07. The van der Waals surface area contributed by atoms with E-state index in [1.165, 1.54) is 12.2 Å². The van der Waals surface area contributed by atoms with Crippen LogP contribution in [-0.2, 0) is 19.2 Å². The lowest BCUT2D eigenvalue weighted by atomic mass is 10.5. The van der Waals surface area contributed by atoms with Crippen molar-refractivity contribution in [3.63, 3.8) is 0 Å². The molecule has 0 bridgehead atoms. The normalized spacial score (nSPS) is 9.56. The van der Waals surface area contributed by atoms with Gasteiger partial charge in [0.25, 0.3) is 0 Å². The number of amides is 2. The van der Waals surface area contributed by atoms with Gasteiger partial charge in [0.1, 0.15) is 0 Å². The summed E-state index contributed by atoms with van der Waals surface area (Å²) in [5.41, 5.74) is 2.53. The van der Waals surface area contributed by atoms with Crippen LogP contribution in [0.4, 0.5) is 0 Å². The minimum Gasteiger partial charge on any atom is -0.377 e. The van der Waals surface area contributed by atoms with Crippen LogP contribution >= 0.6 is 0 Å². The van der Waals surface area contributed by atoms with Crippen molar-refractivity contribution in [2.24, 2.45) is 0 Å². The Kier molecular flexibility index (Phi) is 10.7. The van der Waals surface area contributed by atoms with Crippen molar-refractivity contribution in [1.82, 2.24) is 16.1 Å². The molecular weight excluding hydrogens is 238 g/mol. The van der Waals surface area contributed by atoms with Gasteiger partial charge in [0.2, 0.25) is 11.8 Å². The Labute approximate surface area is 106 Å². The van der Waals surface area contributed by atoms with Gasteiger partial charge < -0.3 is 15.4 Å². The van der Waals surface area contributed by atoms with Crippen LogP contribution in [0.3, 0.4) is 0 Å². The second-order valence-electron chi connectivity index (χ2n) is 3.02. The molecule has 0 unspecified atom stereocenters. The van der Waals surface area contributed by atoms with Gasteiger partial charge in [0.05, 0.1) is 26.5 Å². The van der Waals surface area contributed by atoms with E-state index in [2.05, 4.69) is 29.3 Å². The first kappa shape index (κ1) is 16.3. The van der Waals surface area contributed by atoms with Crippen molar-refractivity contribution < 1.29 is 19.2 Å². The van der Waals surface area contributed by atoms with Gasteiger partial charge >= 0.3 is 0 Å². The second kappa shape index (κ2) is 11.8. The van der Waals surface area contributed by atoms with Gasteiger partial charge in [0.15, 0.2) is 0 Å². The lowest BCUT2D eigenvalue weighted by molar-refractivity contribution is -0.118. The predicted octanol–water partition coefficient (Wildman–Crippen LogP) is -0.914. The SMILES string of the molecule is C=CC(=O)NCCOCCONCNC(=O)C=C. The molecule has 0 radical (unpaired) electrons. The van der Waals surface area contributed by atoms with E-state index >= 15 is 0 Å². The molecule has 102 valence electrons. The summed E-state index contributed by atoms with van der Waals surface area (Å²) in [6, 6.07) is 0. The molecule has 0 aromatic heterocycles. The molecule has 3 N–H and O–H groups in total. The van der Waals surface area contributed by atoms with Gasteiger partial charge in [-0.15, -0.1) is 0 Å². The highest BCUT2D eigenvalue weighted by Crippen LogP contribution is 1.76. The maximum atomic E-state index is 10.7. The minimum atomic E-state index is -0.277. The zero-order valence-corrected chi connectivity index (χ0v) is 10.2. The Hall–Kier alpha value is -1.70. The first-order chi connectivity index (χ1) is 8.70. The fraction of sp³-hybridized carbons (Fsp3) is 0.455. The van der Waals surface area contributed by atoms with E-state index in [1.54, 1.807) is 0 Å². The van der Waals surface area contributed by atoms with Crippen molar-refractivity contribution in [3.8, 4) is 0 Å². The third kappa shape index (κ3) is 10.8. The number of nitrogens with one attached hydrogen (secondary N) is 3. The van der Waals surface area contributed by atoms with E-state index < -0.39 is 0 Å². The third-order valence-corrected chi connectivity index (χ3v) is 1.68. The Morgan fingerprint density at radius 2 is 1.67 bits per heavy atom. The van der Waals surface area contributed by atoms with Gasteiger partial charge in [-0.1, -0.05) is 13.2 Å². The highest BCUT2D eigenvalue weighted by atomic mass is 16.7. The maximum Gasteiger partial charge on any atom is 0.244 e. The van der Waals surface area contributed by atoms with Crippen LogP contribution in [0.2, 0.25) is 0 Å². The first-order valence-electron chi connectivity index (χ1n) is 5.43. The molecule has 0 rings (SSSR count). The highest BCUT2D eigenvalue weighted by Gasteiger charge is 1.94.